The van der Waals surface area contributed by atoms with Crippen molar-refractivity contribution in [3.05, 3.63) is 66.4 Å². The summed E-state index contributed by atoms with van der Waals surface area (Å²) in [5, 5.41) is 3.69. The number of fused-ring (bicyclic) bond motifs is 1. The van der Waals surface area contributed by atoms with E-state index in [2.05, 4.69) is 27.3 Å². The Morgan fingerprint density at radius 1 is 1.00 bits per heavy atom. The molecule has 0 aliphatic carbocycles. The lowest BCUT2D eigenvalue weighted by atomic mass is 10.0. The number of carbonyl (C=O) groups excluding carboxylic acids is 2. The molecule has 1 aromatic heterocycles. The third-order valence-electron chi connectivity index (χ3n) is 5.43. The number of piperazine rings is 1. The third-order valence-corrected chi connectivity index (χ3v) is 5.43. The molecule has 1 fully saturated rings. The standard InChI is InChI=1S/C22H25N5O2/c23-22(29)25-20(14-16-15-24-19-9-5-4-8-18(16)19)21(28)27-12-10-26(11-13-27)17-6-2-1-3-7-17/h1-9,15,20,24H,10-14H2,(H3,23,25,29)/t20-/m0/s1. The zero-order valence-electron chi connectivity index (χ0n) is 16.2. The highest BCUT2D eigenvalue weighted by molar-refractivity contribution is 5.89. The van der Waals surface area contributed by atoms with Gasteiger partial charge in [0, 0.05) is 55.4 Å². The number of amides is 3. The number of nitrogens with two attached hydrogens (primary N) is 1. The lowest BCUT2D eigenvalue weighted by Gasteiger charge is -2.37. The molecule has 2 aromatic carbocycles. The molecule has 1 aliphatic heterocycles. The summed E-state index contributed by atoms with van der Waals surface area (Å²) in [4.78, 5) is 32.0. The molecular formula is C22H25N5O2. The minimum atomic E-state index is -0.689. The first kappa shape index (κ1) is 18.9. The number of H-pyrrole nitrogens is 1. The molecular weight excluding hydrogens is 366 g/mol. The maximum Gasteiger partial charge on any atom is 0.312 e. The van der Waals surface area contributed by atoms with E-state index in [1.54, 1.807) is 0 Å². The lowest BCUT2D eigenvalue weighted by Crippen LogP contribution is -2.56. The van der Waals surface area contributed by atoms with Gasteiger partial charge in [0.25, 0.3) is 0 Å². The molecule has 7 nitrogen and oxygen atoms in total. The number of anilines is 1. The highest BCUT2D eigenvalue weighted by atomic mass is 16.2. The van der Waals surface area contributed by atoms with Crippen LogP contribution in [0.3, 0.4) is 0 Å². The predicted molar refractivity (Wildman–Crippen MR) is 114 cm³/mol. The highest BCUT2D eigenvalue weighted by Gasteiger charge is 2.29. The molecule has 1 aliphatic rings. The summed E-state index contributed by atoms with van der Waals surface area (Å²) in [5.74, 6) is -0.0956. The van der Waals surface area contributed by atoms with E-state index >= 15 is 0 Å². The van der Waals surface area contributed by atoms with Crippen molar-refractivity contribution in [2.75, 3.05) is 31.1 Å². The third kappa shape index (κ3) is 4.18. The Hall–Kier alpha value is -3.48. The molecule has 29 heavy (non-hydrogen) atoms. The molecule has 0 saturated carbocycles. The van der Waals surface area contributed by atoms with Gasteiger partial charge >= 0.3 is 6.03 Å². The number of hydrogen-bond acceptors (Lipinski definition) is 3. The van der Waals surface area contributed by atoms with Gasteiger partial charge in [0.05, 0.1) is 0 Å². The quantitative estimate of drug-likeness (QED) is 0.622. The van der Waals surface area contributed by atoms with Crippen LogP contribution < -0.4 is 16.0 Å². The van der Waals surface area contributed by atoms with E-state index in [0.29, 0.717) is 19.5 Å². The summed E-state index contributed by atoms with van der Waals surface area (Å²) in [6.07, 6.45) is 2.28. The molecule has 0 bridgehead atoms. The summed E-state index contributed by atoms with van der Waals surface area (Å²) in [5.41, 5.74) is 8.51. The number of nitrogens with one attached hydrogen (secondary N) is 2. The minimum Gasteiger partial charge on any atom is -0.368 e. The van der Waals surface area contributed by atoms with Gasteiger partial charge in [-0.1, -0.05) is 36.4 Å². The van der Waals surface area contributed by atoms with Crippen molar-refractivity contribution >= 4 is 28.5 Å². The molecule has 2 heterocycles. The van der Waals surface area contributed by atoms with Crippen LogP contribution in [0.2, 0.25) is 0 Å². The van der Waals surface area contributed by atoms with Gasteiger partial charge in [-0.25, -0.2) is 4.79 Å². The Morgan fingerprint density at radius 3 is 2.41 bits per heavy atom. The van der Waals surface area contributed by atoms with E-state index in [-0.39, 0.29) is 5.91 Å². The average molecular weight is 391 g/mol. The van der Waals surface area contributed by atoms with Crippen molar-refractivity contribution in [1.29, 1.82) is 0 Å². The van der Waals surface area contributed by atoms with Crippen LogP contribution in [0, 0.1) is 0 Å². The first-order valence-electron chi connectivity index (χ1n) is 9.81. The largest absolute Gasteiger partial charge is 0.368 e. The highest BCUT2D eigenvalue weighted by Crippen LogP contribution is 2.20. The Morgan fingerprint density at radius 2 is 1.69 bits per heavy atom. The fourth-order valence-electron chi connectivity index (χ4n) is 3.94. The molecule has 1 atom stereocenters. The van der Waals surface area contributed by atoms with Crippen molar-refractivity contribution in [2.24, 2.45) is 5.73 Å². The van der Waals surface area contributed by atoms with Gasteiger partial charge in [0.1, 0.15) is 6.04 Å². The summed E-state index contributed by atoms with van der Waals surface area (Å²) in [6.45, 7) is 2.73. The van der Waals surface area contributed by atoms with Crippen LogP contribution >= 0.6 is 0 Å². The van der Waals surface area contributed by atoms with Crippen molar-refractivity contribution in [1.82, 2.24) is 15.2 Å². The maximum absolute atomic E-state index is 13.2. The molecule has 7 heteroatoms. The zero-order valence-corrected chi connectivity index (χ0v) is 16.2. The van der Waals surface area contributed by atoms with Crippen LogP contribution in [0.15, 0.2) is 60.8 Å². The fraction of sp³-hybridized carbons (Fsp3) is 0.273. The number of urea groups is 1. The van der Waals surface area contributed by atoms with Gasteiger partial charge in [-0.15, -0.1) is 0 Å². The van der Waals surface area contributed by atoms with Crippen LogP contribution in [0.4, 0.5) is 10.5 Å². The Labute approximate surface area is 169 Å². The van der Waals surface area contributed by atoms with Crippen LogP contribution in [0.1, 0.15) is 5.56 Å². The van der Waals surface area contributed by atoms with Crippen LogP contribution in [0.25, 0.3) is 10.9 Å². The van der Waals surface area contributed by atoms with Gasteiger partial charge < -0.3 is 25.8 Å². The van der Waals surface area contributed by atoms with Gasteiger partial charge in [-0.05, 0) is 23.8 Å². The maximum atomic E-state index is 13.2. The summed E-state index contributed by atoms with van der Waals surface area (Å²) < 4.78 is 0. The molecule has 0 spiro atoms. The number of rotatable bonds is 5. The number of hydrogen-bond donors (Lipinski definition) is 3. The van der Waals surface area contributed by atoms with Crippen LogP contribution in [-0.4, -0.2) is 54.0 Å². The first-order chi connectivity index (χ1) is 14.1. The summed E-state index contributed by atoms with van der Waals surface area (Å²) in [7, 11) is 0. The minimum absolute atomic E-state index is 0.0956. The van der Waals surface area contributed by atoms with Crippen LogP contribution in [0.5, 0.6) is 0 Å². The molecule has 3 aromatic rings. The van der Waals surface area contributed by atoms with E-state index in [9.17, 15) is 9.59 Å². The molecule has 0 radical (unpaired) electrons. The van der Waals surface area contributed by atoms with Crippen molar-refractivity contribution in [3.63, 3.8) is 0 Å². The van der Waals surface area contributed by atoms with Gasteiger partial charge in [0.2, 0.25) is 5.91 Å². The van der Waals surface area contributed by atoms with E-state index in [1.807, 2.05) is 53.6 Å². The second-order valence-electron chi connectivity index (χ2n) is 7.27. The Balaban J connectivity index is 1.46. The lowest BCUT2D eigenvalue weighted by molar-refractivity contribution is -0.133. The first-order valence-corrected chi connectivity index (χ1v) is 9.81. The monoisotopic (exact) mass is 391 g/mol. The summed E-state index contributed by atoms with van der Waals surface area (Å²) in [6, 6.07) is 16.7. The molecule has 150 valence electrons. The normalized spacial score (nSPS) is 15.3. The number of para-hydroxylation sites is 2. The zero-order chi connectivity index (χ0) is 20.2. The van der Waals surface area contributed by atoms with Gasteiger partial charge in [-0.2, -0.15) is 0 Å². The number of benzene rings is 2. The molecule has 1 saturated heterocycles. The van der Waals surface area contributed by atoms with Crippen molar-refractivity contribution in [2.45, 2.75) is 12.5 Å². The SMILES string of the molecule is NC(=O)N[C@@H](Cc1c[nH]c2ccccc12)C(=O)N1CCN(c2ccccc2)CC1. The van der Waals surface area contributed by atoms with E-state index < -0.39 is 12.1 Å². The van der Waals surface area contributed by atoms with E-state index in [4.69, 9.17) is 5.73 Å². The fourth-order valence-corrected chi connectivity index (χ4v) is 3.94. The second kappa shape index (κ2) is 8.26. The molecule has 3 amide bonds. The molecule has 4 N–H and O–H groups in total. The van der Waals surface area contributed by atoms with Gasteiger partial charge in [-0.3, -0.25) is 4.79 Å². The van der Waals surface area contributed by atoms with Gasteiger partial charge in [0.15, 0.2) is 0 Å². The van der Waals surface area contributed by atoms with E-state index in [1.165, 1.54) is 0 Å². The molecule has 4 rings (SSSR count). The Bertz CT molecular complexity index is 993. The topological polar surface area (TPSA) is 94.5 Å². The van der Waals surface area contributed by atoms with Crippen molar-refractivity contribution in [3.8, 4) is 0 Å². The molecule has 0 unspecified atom stereocenters. The smallest absolute Gasteiger partial charge is 0.312 e. The van der Waals surface area contributed by atoms with Crippen molar-refractivity contribution < 1.29 is 9.59 Å². The predicted octanol–water partition coefficient (Wildman–Crippen LogP) is 2.10. The average Bonchev–Trinajstić information content (AvgIpc) is 3.16. The number of nitrogens with zero attached hydrogens (tertiary/aromatic N) is 2. The number of aromatic nitrogens is 1. The second-order valence-corrected chi connectivity index (χ2v) is 7.27. The van der Waals surface area contributed by atoms with E-state index in [0.717, 1.165) is 35.2 Å². The Kier molecular flexibility index (Phi) is 5.37. The summed E-state index contributed by atoms with van der Waals surface area (Å²) >= 11 is 0. The van der Waals surface area contributed by atoms with Crippen LogP contribution in [-0.2, 0) is 11.2 Å². The number of primary amides is 1. The number of aromatic amines is 1. The number of carbonyl (C=O) groups is 2.